The van der Waals surface area contributed by atoms with Gasteiger partial charge >= 0.3 is 0 Å². The summed E-state index contributed by atoms with van der Waals surface area (Å²) in [5.41, 5.74) is 1.19. The van der Waals surface area contributed by atoms with Crippen LogP contribution in [0.5, 0.6) is 11.5 Å². The Morgan fingerprint density at radius 1 is 1.29 bits per heavy atom. The molecule has 1 aromatic rings. The Labute approximate surface area is 112 Å². The predicted molar refractivity (Wildman–Crippen MR) is 73.9 cm³/mol. The first-order valence-electron chi connectivity index (χ1n) is 5.92. The summed E-state index contributed by atoms with van der Waals surface area (Å²) in [6.07, 6.45) is 1.13. The second kappa shape index (κ2) is 7.56. The van der Waals surface area contributed by atoms with Crippen LogP contribution >= 0.6 is 15.9 Å². The summed E-state index contributed by atoms with van der Waals surface area (Å²) in [6.45, 7) is 6.61. The first kappa shape index (κ1) is 14.3. The minimum atomic E-state index is 0.627. The van der Waals surface area contributed by atoms with Crippen molar-refractivity contribution in [3.8, 4) is 11.5 Å². The van der Waals surface area contributed by atoms with Gasteiger partial charge in [-0.25, -0.2) is 0 Å². The third-order valence-corrected chi connectivity index (χ3v) is 2.92. The van der Waals surface area contributed by atoms with Crippen LogP contribution in [0.15, 0.2) is 16.6 Å². The lowest BCUT2D eigenvalue weighted by Gasteiger charge is -2.13. The fraction of sp³-hybridized carbons (Fsp3) is 0.538. The molecule has 0 aromatic heterocycles. The van der Waals surface area contributed by atoms with Gasteiger partial charge in [0.1, 0.15) is 0 Å². The van der Waals surface area contributed by atoms with E-state index in [2.05, 4.69) is 34.2 Å². The molecule has 0 radical (unpaired) electrons. The van der Waals surface area contributed by atoms with E-state index in [4.69, 9.17) is 9.47 Å². The maximum atomic E-state index is 5.55. The smallest absolute Gasteiger partial charge is 0.175 e. The zero-order valence-corrected chi connectivity index (χ0v) is 12.3. The Bertz CT molecular complexity index is 356. The standard InChI is InChI=1S/C13H20BrNO2/c1-4-6-15-9-10-7-11(14)13(17-5-2)12(8-10)16-3/h7-8,15H,4-6,9H2,1-3H3. The molecular formula is C13H20BrNO2. The van der Waals surface area contributed by atoms with Gasteiger partial charge in [0.15, 0.2) is 11.5 Å². The molecule has 0 saturated heterocycles. The Morgan fingerprint density at radius 3 is 2.65 bits per heavy atom. The van der Waals surface area contributed by atoms with Crippen molar-refractivity contribution in [1.29, 1.82) is 0 Å². The second-order valence-corrected chi connectivity index (χ2v) is 4.57. The molecule has 0 atom stereocenters. The molecule has 17 heavy (non-hydrogen) atoms. The number of rotatable bonds is 7. The van der Waals surface area contributed by atoms with Crippen LogP contribution in [0.25, 0.3) is 0 Å². The van der Waals surface area contributed by atoms with Crippen molar-refractivity contribution in [1.82, 2.24) is 5.32 Å². The molecule has 0 amide bonds. The van der Waals surface area contributed by atoms with Crippen LogP contribution in [-0.2, 0) is 6.54 Å². The topological polar surface area (TPSA) is 30.5 Å². The van der Waals surface area contributed by atoms with Crippen LogP contribution in [0, 0.1) is 0 Å². The molecule has 4 heteroatoms. The highest BCUT2D eigenvalue weighted by Gasteiger charge is 2.10. The molecule has 1 rings (SSSR count). The normalized spacial score (nSPS) is 10.4. The van der Waals surface area contributed by atoms with Gasteiger partial charge in [0.05, 0.1) is 18.2 Å². The molecule has 0 aliphatic carbocycles. The third-order valence-electron chi connectivity index (χ3n) is 2.33. The summed E-state index contributed by atoms with van der Waals surface area (Å²) >= 11 is 3.52. The highest BCUT2D eigenvalue weighted by molar-refractivity contribution is 9.10. The Hall–Kier alpha value is -0.740. The van der Waals surface area contributed by atoms with E-state index in [1.807, 2.05) is 13.0 Å². The summed E-state index contributed by atoms with van der Waals surface area (Å²) in [5.74, 6) is 1.55. The van der Waals surface area contributed by atoms with Crippen LogP contribution in [-0.4, -0.2) is 20.3 Å². The third kappa shape index (κ3) is 4.21. The summed E-state index contributed by atoms with van der Waals surface area (Å²) in [4.78, 5) is 0. The first-order chi connectivity index (χ1) is 8.22. The van der Waals surface area contributed by atoms with Crippen molar-refractivity contribution in [2.45, 2.75) is 26.8 Å². The van der Waals surface area contributed by atoms with Gasteiger partial charge in [-0.1, -0.05) is 6.92 Å². The molecule has 0 saturated carbocycles. The fourth-order valence-electron chi connectivity index (χ4n) is 1.57. The van der Waals surface area contributed by atoms with E-state index in [-0.39, 0.29) is 0 Å². The van der Waals surface area contributed by atoms with Crippen LogP contribution in [0.2, 0.25) is 0 Å². The number of methoxy groups -OCH3 is 1. The maximum Gasteiger partial charge on any atom is 0.175 e. The number of ether oxygens (including phenoxy) is 2. The monoisotopic (exact) mass is 301 g/mol. The molecule has 0 fully saturated rings. The molecule has 0 bridgehead atoms. The van der Waals surface area contributed by atoms with E-state index in [0.717, 1.165) is 35.5 Å². The Kier molecular flexibility index (Phi) is 6.37. The Morgan fingerprint density at radius 2 is 2.06 bits per heavy atom. The van der Waals surface area contributed by atoms with Gasteiger partial charge in [0.2, 0.25) is 0 Å². The number of benzene rings is 1. The molecule has 96 valence electrons. The number of halogens is 1. The van der Waals surface area contributed by atoms with Gasteiger partial charge in [-0.15, -0.1) is 0 Å². The van der Waals surface area contributed by atoms with E-state index >= 15 is 0 Å². The average Bonchev–Trinajstić information content (AvgIpc) is 2.32. The molecule has 0 aliphatic heterocycles. The lowest BCUT2D eigenvalue weighted by Crippen LogP contribution is -2.14. The van der Waals surface area contributed by atoms with Gasteiger partial charge in [-0.2, -0.15) is 0 Å². The van der Waals surface area contributed by atoms with E-state index in [0.29, 0.717) is 6.61 Å². The second-order valence-electron chi connectivity index (χ2n) is 3.72. The van der Waals surface area contributed by atoms with Crippen LogP contribution < -0.4 is 14.8 Å². The molecule has 0 heterocycles. The van der Waals surface area contributed by atoms with Crippen molar-refractivity contribution < 1.29 is 9.47 Å². The molecule has 0 spiro atoms. The molecule has 1 N–H and O–H groups in total. The molecule has 3 nitrogen and oxygen atoms in total. The van der Waals surface area contributed by atoms with E-state index in [1.54, 1.807) is 7.11 Å². The van der Waals surface area contributed by atoms with Crippen molar-refractivity contribution >= 4 is 15.9 Å². The quantitative estimate of drug-likeness (QED) is 0.784. The summed E-state index contributed by atoms with van der Waals surface area (Å²) < 4.78 is 11.8. The number of nitrogens with one attached hydrogen (secondary N) is 1. The van der Waals surface area contributed by atoms with E-state index in [1.165, 1.54) is 5.56 Å². The molecular weight excluding hydrogens is 282 g/mol. The van der Waals surface area contributed by atoms with Crippen LogP contribution in [0.3, 0.4) is 0 Å². The Balaban J connectivity index is 2.84. The zero-order chi connectivity index (χ0) is 12.7. The lowest BCUT2D eigenvalue weighted by atomic mass is 10.2. The first-order valence-corrected chi connectivity index (χ1v) is 6.72. The van der Waals surface area contributed by atoms with Crippen LogP contribution in [0.4, 0.5) is 0 Å². The minimum Gasteiger partial charge on any atom is -0.493 e. The molecule has 0 aliphatic rings. The highest BCUT2D eigenvalue weighted by atomic mass is 79.9. The minimum absolute atomic E-state index is 0.627. The van der Waals surface area contributed by atoms with Crippen molar-refractivity contribution in [2.24, 2.45) is 0 Å². The van der Waals surface area contributed by atoms with Crippen molar-refractivity contribution in [3.63, 3.8) is 0 Å². The fourth-order valence-corrected chi connectivity index (χ4v) is 2.17. The summed E-state index contributed by atoms with van der Waals surface area (Å²) in [5, 5.41) is 3.36. The summed E-state index contributed by atoms with van der Waals surface area (Å²) in [6, 6.07) is 4.08. The van der Waals surface area contributed by atoms with Crippen molar-refractivity contribution in [3.05, 3.63) is 22.2 Å². The largest absolute Gasteiger partial charge is 0.493 e. The number of hydrogen-bond donors (Lipinski definition) is 1. The SMILES string of the molecule is CCCNCc1cc(Br)c(OCC)c(OC)c1. The zero-order valence-electron chi connectivity index (χ0n) is 10.7. The number of hydrogen-bond acceptors (Lipinski definition) is 3. The van der Waals surface area contributed by atoms with Gasteiger partial charge < -0.3 is 14.8 Å². The van der Waals surface area contributed by atoms with Gasteiger partial charge in [-0.05, 0) is 53.5 Å². The van der Waals surface area contributed by atoms with Crippen LogP contribution in [0.1, 0.15) is 25.8 Å². The predicted octanol–water partition coefficient (Wildman–Crippen LogP) is 3.36. The maximum absolute atomic E-state index is 5.55. The average molecular weight is 302 g/mol. The molecule has 0 unspecified atom stereocenters. The van der Waals surface area contributed by atoms with E-state index in [9.17, 15) is 0 Å². The lowest BCUT2D eigenvalue weighted by molar-refractivity contribution is 0.308. The van der Waals surface area contributed by atoms with Gasteiger partial charge in [-0.3, -0.25) is 0 Å². The van der Waals surface area contributed by atoms with Gasteiger partial charge in [0.25, 0.3) is 0 Å². The van der Waals surface area contributed by atoms with Gasteiger partial charge in [0, 0.05) is 6.54 Å². The highest BCUT2D eigenvalue weighted by Crippen LogP contribution is 2.36. The molecule has 1 aromatic carbocycles. The summed E-state index contributed by atoms with van der Waals surface area (Å²) in [7, 11) is 1.66. The van der Waals surface area contributed by atoms with E-state index < -0.39 is 0 Å². The van der Waals surface area contributed by atoms with Crippen molar-refractivity contribution in [2.75, 3.05) is 20.3 Å².